The summed E-state index contributed by atoms with van der Waals surface area (Å²) < 4.78 is 2.10. The average molecular weight is 237 g/mol. The molecule has 0 N–H and O–H groups in total. The molecule has 1 aliphatic heterocycles. The number of hydrogen-bond acceptors (Lipinski definition) is 1. The Morgan fingerprint density at radius 3 is 2.19 bits per heavy atom. The molecule has 90 valence electrons. The largest absolute Gasteiger partial charge is 0.362 e. The lowest BCUT2D eigenvalue weighted by atomic mass is 10.2. The van der Waals surface area contributed by atoms with Gasteiger partial charge in [0.25, 0.3) is 0 Å². The summed E-state index contributed by atoms with van der Waals surface area (Å²) in [6, 6.07) is 0. The van der Waals surface area contributed by atoms with Gasteiger partial charge in [-0.15, -0.1) is 0 Å². The molecule has 0 saturated carbocycles. The van der Waals surface area contributed by atoms with Gasteiger partial charge >= 0.3 is 0 Å². The van der Waals surface area contributed by atoms with Gasteiger partial charge in [-0.05, 0) is 17.5 Å². The summed E-state index contributed by atoms with van der Waals surface area (Å²) in [6.07, 6.45) is 1.70. The van der Waals surface area contributed by atoms with Crippen molar-refractivity contribution in [3.05, 3.63) is 23.8 Å². The van der Waals surface area contributed by atoms with Gasteiger partial charge in [-0.25, -0.2) is 0 Å². The fourth-order valence-electron chi connectivity index (χ4n) is 1.84. The fraction of sp³-hybridized carbons (Fsp3) is 0.615. The smallest absolute Gasteiger partial charge is 0.246 e. The van der Waals surface area contributed by atoms with Gasteiger partial charge < -0.3 is 4.57 Å². The van der Waals surface area contributed by atoms with Crippen molar-refractivity contribution in [1.82, 2.24) is 4.57 Å². The predicted octanol–water partition coefficient (Wildman–Crippen LogP) is 3.34. The van der Waals surface area contributed by atoms with E-state index in [2.05, 4.69) is 45.0 Å². The molecule has 0 unspecified atom stereocenters. The molecule has 0 saturated heterocycles. The molecule has 0 aromatic heterocycles. The maximum absolute atomic E-state index is 12.3. The van der Waals surface area contributed by atoms with Crippen LogP contribution in [0.4, 0.5) is 0 Å². The highest BCUT2D eigenvalue weighted by molar-refractivity contribution is 6.79. The van der Waals surface area contributed by atoms with Gasteiger partial charge in [0.05, 0.1) is 0 Å². The third-order valence-corrected chi connectivity index (χ3v) is 9.43. The zero-order valence-electron chi connectivity index (χ0n) is 11.3. The normalized spacial score (nSPS) is 18.4. The maximum atomic E-state index is 12.3. The van der Waals surface area contributed by atoms with Crippen LogP contribution in [0.5, 0.6) is 0 Å². The van der Waals surface area contributed by atoms with E-state index in [0.29, 0.717) is 0 Å². The number of nitrogens with zero attached hydrogens (tertiary/aromatic N) is 1. The number of amides is 1. The number of hydrogen-bond donors (Lipinski definition) is 0. The van der Waals surface area contributed by atoms with E-state index in [9.17, 15) is 4.79 Å². The summed E-state index contributed by atoms with van der Waals surface area (Å²) in [7, 11) is -1.74. The first kappa shape index (κ1) is 13.2. The second kappa shape index (κ2) is 3.88. The molecular weight excluding hydrogens is 214 g/mol. The summed E-state index contributed by atoms with van der Waals surface area (Å²) in [5.74, 6) is 0.180. The molecule has 0 spiro atoms. The summed E-state index contributed by atoms with van der Waals surface area (Å²) in [5, 5.41) is 0.194. The third kappa shape index (κ3) is 1.88. The van der Waals surface area contributed by atoms with Crippen LogP contribution in [-0.2, 0) is 4.79 Å². The topological polar surface area (TPSA) is 20.3 Å². The first-order valence-electron chi connectivity index (χ1n) is 5.77. The monoisotopic (exact) mass is 237 g/mol. The minimum Gasteiger partial charge on any atom is -0.362 e. The van der Waals surface area contributed by atoms with E-state index >= 15 is 0 Å². The zero-order valence-corrected chi connectivity index (χ0v) is 12.3. The van der Waals surface area contributed by atoms with Crippen LogP contribution in [0.15, 0.2) is 23.8 Å². The van der Waals surface area contributed by atoms with E-state index in [1.165, 1.54) is 0 Å². The van der Waals surface area contributed by atoms with Crippen molar-refractivity contribution >= 4 is 14.1 Å². The molecule has 1 aliphatic rings. The Morgan fingerprint density at radius 1 is 1.38 bits per heavy atom. The van der Waals surface area contributed by atoms with Crippen LogP contribution in [0, 0.1) is 0 Å². The number of rotatable bonds is 2. The Kier molecular flexibility index (Phi) is 3.21. The predicted molar refractivity (Wildman–Crippen MR) is 71.8 cm³/mol. The molecule has 0 aromatic rings. The fourth-order valence-corrected chi connectivity index (χ4v) is 3.91. The van der Waals surface area contributed by atoms with E-state index in [4.69, 9.17) is 0 Å². The van der Waals surface area contributed by atoms with Gasteiger partial charge in [0.1, 0.15) is 0 Å². The van der Waals surface area contributed by atoms with E-state index in [1.54, 1.807) is 6.08 Å². The molecule has 3 heteroatoms. The van der Waals surface area contributed by atoms with Gasteiger partial charge in [0.15, 0.2) is 8.24 Å². The minimum atomic E-state index is -1.74. The Labute approximate surface area is 100 Å². The van der Waals surface area contributed by atoms with Gasteiger partial charge in [-0.2, -0.15) is 0 Å². The molecule has 0 fully saturated rings. The summed E-state index contributed by atoms with van der Waals surface area (Å²) in [6.45, 7) is 17.8. The van der Waals surface area contributed by atoms with Gasteiger partial charge in [0.2, 0.25) is 5.91 Å². The van der Waals surface area contributed by atoms with Gasteiger partial charge in [-0.3, -0.25) is 4.79 Å². The van der Waals surface area contributed by atoms with Crippen LogP contribution in [-0.4, -0.2) is 25.3 Å². The highest BCUT2D eigenvalue weighted by Crippen LogP contribution is 2.40. The second-order valence-corrected chi connectivity index (χ2v) is 11.3. The number of carbonyl (C=O) groups excluding carboxylic acids is 1. The highest BCUT2D eigenvalue weighted by atomic mass is 28.3. The van der Waals surface area contributed by atoms with Gasteiger partial charge in [0, 0.05) is 12.1 Å². The molecule has 0 radical (unpaired) electrons. The average Bonchev–Trinajstić information content (AvgIpc) is 2.40. The van der Waals surface area contributed by atoms with Crippen molar-refractivity contribution in [3.8, 4) is 0 Å². The van der Waals surface area contributed by atoms with Crippen LogP contribution in [0.3, 0.4) is 0 Å². The molecule has 0 bridgehead atoms. The van der Waals surface area contributed by atoms with E-state index in [1.807, 2.05) is 6.92 Å². The molecule has 1 amide bonds. The molecule has 0 aliphatic carbocycles. The van der Waals surface area contributed by atoms with Crippen molar-refractivity contribution in [3.63, 3.8) is 0 Å². The lowest BCUT2D eigenvalue weighted by molar-refractivity contribution is -0.121. The number of carbonyl (C=O) groups is 1. The molecule has 16 heavy (non-hydrogen) atoms. The van der Waals surface area contributed by atoms with Crippen molar-refractivity contribution in [1.29, 1.82) is 0 Å². The van der Waals surface area contributed by atoms with E-state index < -0.39 is 8.24 Å². The molecule has 1 heterocycles. The van der Waals surface area contributed by atoms with Crippen molar-refractivity contribution < 1.29 is 4.79 Å². The standard InChI is InChI=1S/C13H23NOSi/c1-8-11-10(2)9-14(12(11)15)16(6,7)13(3,4)5/h8H,1,9H2,2-7H3. The van der Waals surface area contributed by atoms with Crippen molar-refractivity contribution in [2.75, 3.05) is 6.54 Å². The van der Waals surface area contributed by atoms with Gasteiger partial charge in [-0.1, -0.05) is 46.5 Å². The Morgan fingerprint density at radius 2 is 1.88 bits per heavy atom. The molecular formula is C13H23NOSi. The lowest BCUT2D eigenvalue weighted by Crippen LogP contribution is -2.56. The Bertz CT molecular complexity index is 361. The summed E-state index contributed by atoms with van der Waals surface area (Å²) in [4.78, 5) is 12.3. The first-order valence-corrected chi connectivity index (χ1v) is 8.72. The molecule has 0 aromatic carbocycles. The van der Waals surface area contributed by atoms with Crippen LogP contribution >= 0.6 is 0 Å². The lowest BCUT2D eigenvalue weighted by Gasteiger charge is -2.44. The summed E-state index contributed by atoms with van der Waals surface area (Å²) >= 11 is 0. The quantitative estimate of drug-likeness (QED) is 0.675. The Hall–Kier alpha value is -0.833. The maximum Gasteiger partial charge on any atom is 0.246 e. The molecule has 1 rings (SSSR count). The third-order valence-electron chi connectivity index (χ3n) is 4.04. The van der Waals surface area contributed by atoms with E-state index in [-0.39, 0.29) is 10.9 Å². The SMILES string of the molecule is C=CC1=C(C)CN([Si](C)(C)C(C)(C)C)C1=O. The second-order valence-electron chi connectivity index (χ2n) is 6.10. The Balaban J connectivity index is 3.06. The van der Waals surface area contributed by atoms with Crippen molar-refractivity contribution in [2.24, 2.45) is 0 Å². The van der Waals surface area contributed by atoms with Crippen molar-refractivity contribution in [2.45, 2.75) is 45.8 Å². The van der Waals surface area contributed by atoms with E-state index in [0.717, 1.165) is 17.7 Å². The molecule has 0 atom stereocenters. The highest BCUT2D eigenvalue weighted by Gasteiger charge is 2.46. The molecule has 2 nitrogen and oxygen atoms in total. The van der Waals surface area contributed by atoms with Crippen LogP contribution < -0.4 is 0 Å². The minimum absolute atomic E-state index is 0.180. The first-order chi connectivity index (χ1) is 7.13. The van der Waals surface area contributed by atoms with Crippen LogP contribution in [0.2, 0.25) is 18.1 Å². The summed E-state index contributed by atoms with van der Waals surface area (Å²) in [5.41, 5.74) is 1.97. The zero-order chi connectivity index (χ0) is 12.7. The van der Waals surface area contributed by atoms with Crippen LogP contribution in [0.1, 0.15) is 27.7 Å². The van der Waals surface area contributed by atoms with Crippen LogP contribution in [0.25, 0.3) is 0 Å².